The van der Waals surface area contributed by atoms with Crippen molar-refractivity contribution < 1.29 is 18.0 Å². The van der Waals surface area contributed by atoms with E-state index in [1.54, 1.807) is 24.3 Å². The fourth-order valence-corrected chi connectivity index (χ4v) is 2.79. The number of hydrogen-bond acceptors (Lipinski definition) is 1. The van der Waals surface area contributed by atoms with Crippen molar-refractivity contribution in [2.45, 2.75) is 25.1 Å². The van der Waals surface area contributed by atoms with E-state index in [9.17, 15) is 18.0 Å². The summed E-state index contributed by atoms with van der Waals surface area (Å²) in [5.41, 5.74) is 0.729. The maximum atomic E-state index is 12.5. The highest BCUT2D eigenvalue weighted by Gasteiger charge is 2.46. The standard InChI is InChI=1S/C12H11BrF3NO/c13-9-5-2-1-4-8(9)10-6-3-7-17(10)11(18)12(14,15)16/h1-2,4-5,10H,3,6-7H2. The molecule has 1 aromatic rings. The van der Waals surface area contributed by atoms with Crippen LogP contribution in [0.5, 0.6) is 0 Å². The van der Waals surface area contributed by atoms with Crippen LogP contribution < -0.4 is 0 Å². The Morgan fingerprint density at radius 3 is 2.61 bits per heavy atom. The largest absolute Gasteiger partial charge is 0.471 e. The van der Waals surface area contributed by atoms with Gasteiger partial charge in [0.15, 0.2) is 0 Å². The van der Waals surface area contributed by atoms with Crippen LogP contribution in [0, 0.1) is 0 Å². The second-order valence-corrected chi connectivity index (χ2v) is 5.03. The number of amides is 1. The molecule has 1 saturated heterocycles. The summed E-state index contributed by atoms with van der Waals surface area (Å²) in [4.78, 5) is 12.3. The van der Waals surface area contributed by atoms with Gasteiger partial charge >= 0.3 is 12.1 Å². The predicted octanol–water partition coefficient (Wildman–Crippen LogP) is 3.67. The Kier molecular flexibility index (Phi) is 3.66. The quantitative estimate of drug-likeness (QED) is 0.772. The summed E-state index contributed by atoms with van der Waals surface area (Å²) in [7, 11) is 0. The van der Waals surface area contributed by atoms with Gasteiger partial charge in [0, 0.05) is 11.0 Å². The highest BCUT2D eigenvalue weighted by atomic mass is 79.9. The van der Waals surface area contributed by atoms with Crippen LogP contribution in [0.4, 0.5) is 13.2 Å². The van der Waals surface area contributed by atoms with E-state index < -0.39 is 18.1 Å². The van der Waals surface area contributed by atoms with E-state index in [0.717, 1.165) is 14.9 Å². The molecule has 18 heavy (non-hydrogen) atoms. The van der Waals surface area contributed by atoms with E-state index in [1.807, 2.05) is 0 Å². The minimum absolute atomic E-state index is 0.157. The lowest BCUT2D eigenvalue weighted by Gasteiger charge is -2.26. The fourth-order valence-electron chi connectivity index (χ4n) is 2.24. The van der Waals surface area contributed by atoms with Crippen LogP contribution >= 0.6 is 15.9 Å². The molecule has 0 aromatic heterocycles. The molecule has 0 N–H and O–H groups in total. The Hall–Kier alpha value is -1.04. The Morgan fingerprint density at radius 2 is 2.00 bits per heavy atom. The zero-order chi connectivity index (χ0) is 13.3. The van der Waals surface area contributed by atoms with Gasteiger partial charge in [-0.25, -0.2) is 0 Å². The smallest absolute Gasteiger partial charge is 0.328 e. The van der Waals surface area contributed by atoms with Gasteiger partial charge in [0.1, 0.15) is 0 Å². The molecule has 0 bridgehead atoms. The summed E-state index contributed by atoms with van der Waals surface area (Å²) < 4.78 is 38.2. The Balaban J connectivity index is 2.29. The second kappa shape index (κ2) is 4.91. The van der Waals surface area contributed by atoms with Crippen LogP contribution in [-0.4, -0.2) is 23.5 Å². The first-order valence-corrected chi connectivity index (χ1v) is 6.33. The van der Waals surface area contributed by atoms with Gasteiger partial charge in [-0.3, -0.25) is 4.79 Å². The van der Waals surface area contributed by atoms with Crippen molar-refractivity contribution in [1.82, 2.24) is 4.90 Å². The molecule has 6 heteroatoms. The molecule has 98 valence electrons. The topological polar surface area (TPSA) is 20.3 Å². The first-order valence-electron chi connectivity index (χ1n) is 5.53. The van der Waals surface area contributed by atoms with Gasteiger partial charge in [0.2, 0.25) is 0 Å². The molecule has 0 saturated carbocycles. The first kappa shape index (κ1) is 13.4. The average molecular weight is 322 g/mol. The molecule has 1 aromatic carbocycles. The first-order chi connectivity index (χ1) is 8.41. The summed E-state index contributed by atoms with van der Waals surface area (Å²) in [6, 6.07) is 6.57. The highest BCUT2D eigenvalue weighted by molar-refractivity contribution is 9.10. The van der Waals surface area contributed by atoms with Gasteiger partial charge in [-0.05, 0) is 24.5 Å². The van der Waals surface area contributed by atoms with Crippen molar-refractivity contribution >= 4 is 21.8 Å². The third kappa shape index (κ3) is 2.53. The average Bonchev–Trinajstić information content (AvgIpc) is 2.76. The maximum absolute atomic E-state index is 12.5. The van der Waals surface area contributed by atoms with Crippen LogP contribution in [0.2, 0.25) is 0 Å². The van der Waals surface area contributed by atoms with Crippen molar-refractivity contribution in [3.63, 3.8) is 0 Å². The van der Waals surface area contributed by atoms with Gasteiger partial charge in [-0.1, -0.05) is 34.1 Å². The molecule has 0 aliphatic carbocycles. The molecule has 1 fully saturated rings. The Labute approximate surface area is 111 Å². The minimum Gasteiger partial charge on any atom is -0.328 e. The van der Waals surface area contributed by atoms with Gasteiger partial charge in [-0.2, -0.15) is 13.2 Å². The van der Waals surface area contributed by atoms with Crippen LogP contribution in [-0.2, 0) is 4.79 Å². The highest BCUT2D eigenvalue weighted by Crippen LogP contribution is 2.37. The van der Waals surface area contributed by atoms with E-state index in [1.165, 1.54) is 0 Å². The van der Waals surface area contributed by atoms with Crippen LogP contribution in [0.25, 0.3) is 0 Å². The summed E-state index contributed by atoms with van der Waals surface area (Å²) >= 11 is 3.31. The lowest BCUT2D eigenvalue weighted by Crippen LogP contribution is -2.40. The number of rotatable bonds is 1. The number of hydrogen-bond donors (Lipinski definition) is 0. The molecule has 2 nitrogen and oxygen atoms in total. The van der Waals surface area contributed by atoms with E-state index >= 15 is 0 Å². The molecule has 1 heterocycles. The van der Waals surface area contributed by atoms with Crippen molar-refractivity contribution in [2.24, 2.45) is 0 Å². The zero-order valence-electron chi connectivity index (χ0n) is 9.38. The number of carbonyl (C=O) groups excluding carboxylic acids is 1. The molecule has 2 rings (SSSR count). The third-order valence-corrected chi connectivity index (χ3v) is 3.74. The van der Waals surface area contributed by atoms with Crippen LogP contribution in [0.1, 0.15) is 24.4 Å². The summed E-state index contributed by atoms with van der Waals surface area (Å²) in [6.07, 6.45) is -3.65. The normalized spacial score (nSPS) is 20.2. The summed E-state index contributed by atoms with van der Waals surface area (Å²) in [6.45, 7) is 0.157. The molecular formula is C12H11BrF3NO. The Bertz CT molecular complexity index is 461. The molecule has 1 atom stereocenters. The number of likely N-dealkylation sites (tertiary alicyclic amines) is 1. The van der Waals surface area contributed by atoms with Crippen LogP contribution in [0.3, 0.4) is 0 Å². The lowest BCUT2D eigenvalue weighted by atomic mass is 10.0. The lowest BCUT2D eigenvalue weighted by molar-refractivity contribution is -0.186. The third-order valence-electron chi connectivity index (χ3n) is 3.02. The van der Waals surface area contributed by atoms with Crippen molar-refractivity contribution in [2.75, 3.05) is 6.54 Å². The Morgan fingerprint density at radius 1 is 1.33 bits per heavy atom. The second-order valence-electron chi connectivity index (χ2n) is 4.18. The number of benzene rings is 1. The minimum atomic E-state index is -4.80. The van der Waals surface area contributed by atoms with E-state index in [0.29, 0.717) is 12.8 Å². The maximum Gasteiger partial charge on any atom is 0.471 e. The predicted molar refractivity (Wildman–Crippen MR) is 63.9 cm³/mol. The monoisotopic (exact) mass is 321 g/mol. The number of alkyl halides is 3. The molecule has 0 radical (unpaired) electrons. The van der Waals surface area contributed by atoms with E-state index in [-0.39, 0.29) is 6.54 Å². The molecular weight excluding hydrogens is 311 g/mol. The van der Waals surface area contributed by atoms with Gasteiger partial charge in [0.05, 0.1) is 6.04 Å². The SMILES string of the molecule is O=C(N1CCCC1c1ccccc1Br)C(F)(F)F. The van der Waals surface area contributed by atoms with Crippen molar-refractivity contribution in [3.05, 3.63) is 34.3 Å². The molecule has 1 aliphatic rings. The molecule has 1 aliphatic heterocycles. The zero-order valence-corrected chi connectivity index (χ0v) is 11.0. The fraction of sp³-hybridized carbons (Fsp3) is 0.417. The van der Waals surface area contributed by atoms with E-state index in [4.69, 9.17) is 0 Å². The van der Waals surface area contributed by atoms with Crippen molar-refractivity contribution in [3.8, 4) is 0 Å². The molecule has 1 unspecified atom stereocenters. The number of nitrogens with zero attached hydrogens (tertiary/aromatic N) is 1. The summed E-state index contributed by atoms with van der Waals surface area (Å²) in [5, 5.41) is 0. The number of halogens is 4. The van der Waals surface area contributed by atoms with Gasteiger partial charge < -0.3 is 4.90 Å². The molecule has 0 spiro atoms. The van der Waals surface area contributed by atoms with Crippen molar-refractivity contribution in [1.29, 1.82) is 0 Å². The van der Waals surface area contributed by atoms with Gasteiger partial charge in [-0.15, -0.1) is 0 Å². The van der Waals surface area contributed by atoms with Crippen LogP contribution in [0.15, 0.2) is 28.7 Å². The number of carbonyl (C=O) groups is 1. The van der Waals surface area contributed by atoms with E-state index in [2.05, 4.69) is 15.9 Å². The van der Waals surface area contributed by atoms with Gasteiger partial charge in [0.25, 0.3) is 0 Å². The molecule has 1 amide bonds. The summed E-state index contributed by atoms with van der Waals surface area (Å²) in [5.74, 6) is -1.75.